The van der Waals surface area contributed by atoms with Gasteiger partial charge in [0.25, 0.3) is 0 Å². The zero-order chi connectivity index (χ0) is 16.3. The molecule has 0 bridgehead atoms. The number of nitrogens with one attached hydrogen (secondary N) is 1. The fourth-order valence-electron chi connectivity index (χ4n) is 3.23. The van der Waals surface area contributed by atoms with Crippen LogP contribution < -0.4 is 5.32 Å². The zero-order valence-electron chi connectivity index (χ0n) is 14.4. The average molecular weight is 340 g/mol. The fourth-order valence-corrected chi connectivity index (χ4v) is 4.03. The maximum atomic E-state index is 5.61. The van der Waals surface area contributed by atoms with Gasteiger partial charge in [0.15, 0.2) is 0 Å². The van der Waals surface area contributed by atoms with Crippen molar-refractivity contribution < 1.29 is 9.47 Å². The van der Waals surface area contributed by atoms with Crippen LogP contribution in [-0.2, 0) is 14.9 Å². The van der Waals surface area contributed by atoms with Crippen LogP contribution in [0.5, 0.6) is 0 Å². The molecule has 130 valence electrons. The van der Waals surface area contributed by atoms with Crippen molar-refractivity contribution in [3.63, 3.8) is 0 Å². The molecule has 0 saturated carbocycles. The number of ether oxygens (including phenoxy) is 2. The first-order chi connectivity index (χ1) is 11.0. The minimum atomic E-state index is 0.0537. The Balaban J connectivity index is 1.67. The first kappa shape index (κ1) is 17.1. The maximum absolute atomic E-state index is 5.61. The summed E-state index contributed by atoms with van der Waals surface area (Å²) in [5.41, 5.74) is 0.202. The number of rotatable bonds is 4. The molecule has 0 aromatic carbocycles. The molecule has 0 spiro atoms. The molecule has 2 aliphatic heterocycles. The average Bonchev–Trinajstić information content (AvgIpc) is 3.04. The highest BCUT2D eigenvalue weighted by Crippen LogP contribution is 2.31. The molecule has 3 rings (SSSR count). The van der Waals surface area contributed by atoms with Gasteiger partial charge in [-0.2, -0.15) is 0 Å². The van der Waals surface area contributed by atoms with Crippen LogP contribution in [0.4, 0.5) is 5.13 Å². The highest BCUT2D eigenvalue weighted by molar-refractivity contribution is 7.15. The molecule has 1 N–H and O–H groups in total. The van der Waals surface area contributed by atoms with Gasteiger partial charge in [0.2, 0.25) is 5.13 Å². The predicted molar refractivity (Wildman–Crippen MR) is 92.3 cm³/mol. The SMILES string of the molecule is CC(C)(C)c1nnc(NCC2(N3CCOCC3)CCOCC2)s1. The molecule has 2 saturated heterocycles. The van der Waals surface area contributed by atoms with Crippen molar-refractivity contribution in [1.29, 1.82) is 0 Å². The Bertz CT molecular complexity index is 502. The Hall–Kier alpha value is -0.760. The highest BCUT2D eigenvalue weighted by Gasteiger charge is 2.39. The summed E-state index contributed by atoms with van der Waals surface area (Å²) in [6, 6.07) is 0. The van der Waals surface area contributed by atoms with E-state index in [0.717, 1.165) is 69.0 Å². The molecule has 0 atom stereocenters. The molecule has 23 heavy (non-hydrogen) atoms. The van der Waals surface area contributed by atoms with Crippen LogP contribution in [0.3, 0.4) is 0 Å². The van der Waals surface area contributed by atoms with Crippen molar-refractivity contribution >= 4 is 16.5 Å². The molecule has 0 amide bonds. The van der Waals surface area contributed by atoms with Crippen molar-refractivity contribution in [3.8, 4) is 0 Å². The summed E-state index contributed by atoms with van der Waals surface area (Å²) < 4.78 is 11.1. The molecule has 0 radical (unpaired) electrons. The van der Waals surface area contributed by atoms with Gasteiger partial charge < -0.3 is 14.8 Å². The predicted octanol–water partition coefficient (Wildman–Crippen LogP) is 2.13. The van der Waals surface area contributed by atoms with E-state index in [1.165, 1.54) is 0 Å². The first-order valence-corrected chi connectivity index (χ1v) is 9.30. The molecular formula is C16H28N4O2S. The third kappa shape index (κ3) is 4.02. The maximum Gasteiger partial charge on any atom is 0.205 e. The molecule has 0 unspecified atom stereocenters. The number of hydrogen-bond donors (Lipinski definition) is 1. The molecule has 2 fully saturated rings. The third-order valence-corrected chi connectivity index (χ3v) is 6.05. The zero-order valence-corrected chi connectivity index (χ0v) is 15.2. The van der Waals surface area contributed by atoms with E-state index in [9.17, 15) is 0 Å². The van der Waals surface area contributed by atoms with Crippen LogP contribution in [0.15, 0.2) is 0 Å². The van der Waals surface area contributed by atoms with Gasteiger partial charge in [0, 0.05) is 43.8 Å². The van der Waals surface area contributed by atoms with E-state index in [1.807, 2.05) is 0 Å². The van der Waals surface area contributed by atoms with Crippen molar-refractivity contribution in [2.45, 2.75) is 44.6 Å². The Morgan fingerprint density at radius 1 is 1.09 bits per heavy atom. The van der Waals surface area contributed by atoms with E-state index >= 15 is 0 Å². The lowest BCUT2D eigenvalue weighted by atomic mass is 9.87. The monoisotopic (exact) mass is 340 g/mol. The number of aromatic nitrogens is 2. The summed E-state index contributed by atoms with van der Waals surface area (Å²) in [7, 11) is 0. The largest absolute Gasteiger partial charge is 0.381 e. The van der Waals surface area contributed by atoms with E-state index in [2.05, 4.69) is 41.2 Å². The standard InChI is InChI=1S/C16H28N4O2S/c1-15(2,3)13-18-19-14(23-13)17-12-16(4-8-21-9-5-16)20-6-10-22-11-7-20/h4-12H2,1-3H3,(H,17,19). The van der Waals surface area contributed by atoms with Gasteiger partial charge in [-0.1, -0.05) is 32.1 Å². The summed E-state index contributed by atoms with van der Waals surface area (Å²) in [6.45, 7) is 12.8. The topological polar surface area (TPSA) is 59.5 Å². The Morgan fingerprint density at radius 2 is 1.74 bits per heavy atom. The lowest BCUT2D eigenvalue weighted by Crippen LogP contribution is -2.59. The van der Waals surface area contributed by atoms with E-state index in [1.54, 1.807) is 11.3 Å². The van der Waals surface area contributed by atoms with Gasteiger partial charge in [0.05, 0.1) is 13.2 Å². The number of hydrogen-bond acceptors (Lipinski definition) is 7. The third-order valence-electron chi connectivity index (χ3n) is 4.74. The van der Waals surface area contributed by atoms with Crippen LogP contribution in [0.1, 0.15) is 38.6 Å². The van der Waals surface area contributed by atoms with Gasteiger partial charge in [-0.15, -0.1) is 10.2 Å². The van der Waals surface area contributed by atoms with Gasteiger partial charge in [-0.05, 0) is 12.8 Å². The molecule has 1 aromatic rings. The molecule has 3 heterocycles. The van der Waals surface area contributed by atoms with Crippen LogP contribution in [-0.4, -0.2) is 66.7 Å². The summed E-state index contributed by atoms with van der Waals surface area (Å²) in [6.07, 6.45) is 2.12. The minimum absolute atomic E-state index is 0.0537. The lowest BCUT2D eigenvalue weighted by Gasteiger charge is -2.47. The van der Waals surface area contributed by atoms with E-state index < -0.39 is 0 Å². The van der Waals surface area contributed by atoms with Crippen molar-refractivity contribution in [3.05, 3.63) is 5.01 Å². The molecular weight excluding hydrogens is 312 g/mol. The van der Waals surface area contributed by atoms with Gasteiger partial charge in [0.1, 0.15) is 5.01 Å². The minimum Gasteiger partial charge on any atom is -0.381 e. The second-order valence-corrected chi connectivity index (χ2v) is 8.43. The Morgan fingerprint density at radius 3 is 2.35 bits per heavy atom. The van der Waals surface area contributed by atoms with Crippen molar-refractivity contribution in [2.24, 2.45) is 0 Å². The van der Waals surface area contributed by atoms with Crippen LogP contribution in [0.2, 0.25) is 0 Å². The second-order valence-electron chi connectivity index (χ2n) is 7.45. The van der Waals surface area contributed by atoms with Crippen LogP contribution >= 0.6 is 11.3 Å². The Labute approximate surface area is 142 Å². The second kappa shape index (κ2) is 7.01. The van der Waals surface area contributed by atoms with Crippen LogP contribution in [0.25, 0.3) is 0 Å². The van der Waals surface area contributed by atoms with Crippen molar-refractivity contribution in [1.82, 2.24) is 15.1 Å². The normalized spacial score (nSPS) is 22.9. The fraction of sp³-hybridized carbons (Fsp3) is 0.875. The van der Waals surface area contributed by atoms with E-state index in [-0.39, 0.29) is 11.0 Å². The lowest BCUT2D eigenvalue weighted by molar-refractivity contribution is -0.0652. The van der Waals surface area contributed by atoms with E-state index in [0.29, 0.717) is 0 Å². The summed E-state index contributed by atoms with van der Waals surface area (Å²) in [5.74, 6) is 0. The molecule has 0 aliphatic carbocycles. The number of anilines is 1. The first-order valence-electron chi connectivity index (χ1n) is 8.48. The highest BCUT2D eigenvalue weighted by atomic mass is 32.1. The molecule has 6 nitrogen and oxygen atoms in total. The van der Waals surface area contributed by atoms with Crippen LogP contribution in [0, 0.1) is 0 Å². The van der Waals surface area contributed by atoms with Gasteiger partial charge in [-0.25, -0.2) is 0 Å². The summed E-state index contributed by atoms with van der Waals surface area (Å²) >= 11 is 1.67. The number of morpholine rings is 1. The summed E-state index contributed by atoms with van der Waals surface area (Å²) in [4.78, 5) is 2.58. The molecule has 1 aromatic heterocycles. The van der Waals surface area contributed by atoms with Gasteiger partial charge in [-0.3, -0.25) is 4.90 Å². The van der Waals surface area contributed by atoms with E-state index in [4.69, 9.17) is 9.47 Å². The van der Waals surface area contributed by atoms with Gasteiger partial charge >= 0.3 is 0 Å². The van der Waals surface area contributed by atoms with Crippen molar-refractivity contribution in [2.75, 3.05) is 51.4 Å². The number of nitrogens with zero attached hydrogens (tertiary/aromatic N) is 3. The Kier molecular flexibility index (Phi) is 5.20. The smallest absolute Gasteiger partial charge is 0.205 e. The molecule has 7 heteroatoms. The molecule has 2 aliphatic rings. The quantitative estimate of drug-likeness (QED) is 0.906. The summed E-state index contributed by atoms with van der Waals surface area (Å²) in [5, 5.41) is 14.2.